The lowest BCUT2D eigenvalue weighted by Crippen LogP contribution is -2.24. The number of hydrogen-bond acceptors (Lipinski definition) is 3. The first kappa shape index (κ1) is 14.7. The standard InChI is InChI=1S/C14H19N3O2S/c1-9-5-6-13(7-10(9)2)8-15-20(18,19)14-11(3)16-17-12(14)4/h5-7,15H,8H2,1-4H3,(H,16,17). The molecule has 2 rings (SSSR count). The van der Waals surface area contributed by atoms with E-state index in [9.17, 15) is 8.42 Å². The largest absolute Gasteiger partial charge is 0.281 e. The summed E-state index contributed by atoms with van der Waals surface area (Å²) in [7, 11) is -3.54. The molecule has 0 saturated carbocycles. The van der Waals surface area contributed by atoms with Gasteiger partial charge in [-0.2, -0.15) is 5.10 Å². The van der Waals surface area contributed by atoms with E-state index in [0.717, 1.165) is 11.1 Å². The minimum absolute atomic E-state index is 0.237. The highest BCUT2D eigenvalue weighted by Gasteiger charge is 2.21. The highest BCUT2D eigenvalue weighted by molar-refractivity contribution is 7.89. The van der Waals surface area contributed by atoms with Crippen LogP contribution < -0.4 is 4.72 Å². The Morgan fingerprint density at radius 1 is 1.15 bits per heavy atom. The van der Waals surface area contributed by atoms with Crippen LogP contribution in [0.3, 0.4) is 0 Å². The van der Waals surface area contributed by atoms with Crippen LogP contribution in [0.5, 0.6) is 0 Å². The van der Waals surface area contributed by atoms with E-state index in [4.69, 9.17) is 0 Å². The fraction of sp³-hybridized carbons (Fsp3) is 0.357. The van der Waals surface area contributed by atoms with Crippen molar-refractivity contribution < 1.29 is 8.42 Å². The highest BCUT2D eigenvalue weighted by Crippen LogP contribution is 2.17. The Hall–Kier alpha value is -1.66. The van der Waals surface area contributed by atoms with Crippen LogP contribution in [0.2, 0.25) is 0 Å². The van der Waals surface area contributed by atoms with E-state index in [0.29, 0.717) is 11.4 Å². The van der Waals surface area contributed by atoms with Crippen molar-refractivity contribution in [1.82, 2.24) is 14.9 Å². The van der Waals surface area contributed by atoms with E-state index in [1.165, 1.54) is 5.56 Å². The van der Waals surface area contributed by atoms with Crippen LogP contribution in [0.25, 0.3) is 0 Å². The minimum atomic E-state index is -3.54. The van der Waals surface area contributed by atoms with Gasteiger partial charge in [-0.25, -0.2) is 13.1 Å². The smallest absolute Gasteiger partial charge is 0.244 e. The molecule has 0 aliphatic heterocycles. The van der Waals surface area contributed by atoms with Gasteiger partial charge >= 0.3 is 0 Å². The zero-order valence-corrected chi connectivity index (χ0v) is 12.9. The number of rotatable bonds is 4. The van der Waals surface area contributed by atoms with Crippen LogP contribution in [0.15, 0.2) is 23.1 Å². The summed E-state index contributed by atoms with van der Waals surface area (Å²) in [6, 6.07) is 5.92. The second-order valence-corrected chi connectivity index (χ2v) is 6.71. The Labute approximate surface area is 119 Å². The monoisotopic (exact) mass is 293 g/mol. The summed E-state index contributed by atoms with van der Waals surface area (Å²) >= 11 is 0. The summed E-state index contributed by atoms with van der Waals surface area (Å²) in [6.45, 7) is 7.69. The molecule has 1 aromatic carbocycles. The minimum Gasteiger partial charge on any atom is -0.281 e. The van der Waals surface area contributed by atoms with Gasteiger partial charge in [0.15, 0.2) is 0 Å². The third kappa shape index (κ3) is 2.91. The number of aromatic nitrogens is 2. The fourth-order valence-electron chi connectivity index (χ4n) is 2.10. The maximum absolute atomic E-state index is 12.3. The van der Waals surface area contributed by atoms with Crippen LogP contribution >= 0.6 is 0 Å². The van der Waals surface area contributed by atoms with Gasteiger partial charge in [0.05, 0.1) is 11.4 Å². The number of benzene rings is 1. The van der Waals surface area contributed by atoms with Crippen LogP contribution in [-0.4, -0.2) is 18.6 Å². The number of sulfonamides is 1. The average Bonchev–Trinajstić information content (AvgIpc) is 2.71. The summed E-state index contributed by atoms with van der Waals surface area (Å²) in [5, 5.41) is 6.61. The molecular weight excluding hydrogens is 274 g/mol. The van der Waals surface area contributed by atoms with Crippen molar-refractivity contribution >= 4 is 10.0 Å². The van der Waals surface area contributed by atoms with Crippen molar-refractivity contribution in [2.75, 3.05) is 0 Å². The van der Waals surface area contributed by atoms with Gasteiger partial charge in [-0.05, 0) is 44.4 Å². The third-order valence-electron chi connectivity index (χ3n) is 3.37. The van der Waals surface area contributed by atoms with Gasteiger partial charge in [0, 0.05) is 6.54 Å². The van der Waals surface area contributed by atoms with Gasteiger partial charge in [0.1, 0.15) is 4.90 Å². The maximum atomic E-state index is 12.3. The number of hydrogen-bond donors (Lipinski definition) is 2. The van der Waals surface area contributed by atoms with Crippen molar-refractivity contribution in [2.45, 2.75) is 39.1 Å². The molecule has 1 heterocycles. The number of nitrogens with zero attached hydrogens (tertiary/aromatic N) is 1. The second kappa shape index (κ2) is 5.38. The summed E-state index contributed by atoms with van der Waals surface area (Å²) in [5.41, 5.74) is 4.32. The van der Waals surface area contributed by atoms with Crippen molar-refractivity contribution in [3.8, 4) is 0 Å². The number of H-pyrrole nitrogens is 1. The molecule has 0 bridgehead atoms. The van der Waals surface area contributed by atoms with Crippen molar-refractivity contribution in [3.05, 3.63) is 46.3 Å². The van der Waals surface area contributed by atoms with Crippen LogP contribution in [0.1, 0.15) is 28.1 Å². The van der Waals surface area contributed by atoms with Crippen molar-refractivity contribution in [2.24, 2.45) is 0 Å². The first-order valence-corrected chi connectivity index (χ1v) is 7.87. The maximum Gasteiger partial charge on any atom is 0.244 e. The van der Waals surface area contributed by atoms with Gasteiger partial charge in [0.2, 0.25) is 10.0 Å². The van der Waals surface area contributed by atoms with Gasteiger partial charge in [0.25, 0.3) is 0 Å². The SMILES string of the molecule is Cc1ccc(CNS(=O)(=O)c2c(C)n[nH]c2C)cc1C. The lowest BCUT2D eigenvalue weighted by Gasteiger charge is -2.08. The lowest BCUT2D eigenvalue weighted by molar-refractivity contribution is 0.580. The molecule has 5 nitrogen and oxygen atoms in total. The van der Waals surface area contributed by atoms with E-state index in [1.807, 2.05) is 32.0 Å². The average molecular weight is 293 g/mol. The van der Waals surface area contributed by atoms with E-state index < -0.39 is 10.0 Å². The summed E-state index contributed by atoms with van der Waals surface area (Å²) in [4.78, 5) is 0.237. The Kier molecular flexibility index (Phi) is 3.96. The van der Waals surface area contributed by atoms with Crippen molar-refractivity contribution in [3.63, 3.8) is 0 Å². The van der Waals surface area contributed by atoms with Crippen molar-refractivity contribution in [1.29, 1.82) is 0 Å². The fourth-order valence-corrected chi connectivity index (χ4v) is 3.48. The van der Waals surface area contributed by atoms with Gasteiger partial charge in [-0.1, -0.05) is 18.2 Å². The first-order valence-electron chi connectivity index (χ1n) is 6.38. The van der Waals surface area contributed by atoms with E-state index in [2.05, 4.69) is 14.9 Å². The molecule has 0 aliphatic carbocycles. The molecule has 6 heteroatoms. The van der Waals surface area contributed by atoms with E-state index >= 15 is 0 Å². The summed E-state index contributed by atoms with van der Waals surface area (Å²) in [5.74, 6) is 0. The topological polar surface area (TPSA) is 74.8 Å². The van der Waals surface area contributed by atoms with Crippen LogP contribution in [0.4, 0.5) is 0 Å². The Bertz CT molecular complexity index is 713. The first-order chi connectivity index (χ1) is 9.31. The van der Waals surface area contributed by atoms with E-state index in [-0.39, 0.29) is 11.4 Å². The lowest BCUT2D eigenvalue weighted by atomic mass is 10.1. The van der Waals surface area contributed by atoms with Gasteiger partial charge in [-0.3, -0.25) is 5.10 Å². The summed E-state index contributed by atoms with van der Waals surface area (Å²) in [6.07, 6.45) is 0. The van der Waals surface area contributed by atoms with Crippen LogP contribution in [0, 0.1) is 27.7 Å². The van der Waals surface area contributed by atoms with E-state index in [1.54, 1.807) is 13.8 Å². The second-order valence-electron chi connectivity index (χ2n) is 5.01. The van der Waals surface area contributed by atoms with Crippen LogP contribution in [-0.2, 0) is 16.6 Å². The molecule has 0 fully saturated rings. The molecule has 0 spiro atoms. The molecule has 0 amide bonds. The Morgan fingerprint density at radius 3 is 2.40 bits per heavy atom. The molecule has 20 heavy (non-hydrogen) atoms. The zero-order chi connectivity index (χ0) is 14.9. The Morgan fingerprint density at radius 2 is 1.85 bits per heavy atom. The normalized spacial score (nSPS) is 11.8. The molecule has 1 aromatic heterocycles. The zero-order valence-electron chi connectivity index (χ0n) is 12.1. The highest BCUT2D eigenvalue weighted by atomic mass is 32.2. The third-order valence-corrected chi connectivity index (χ3v) is 5.03. The molecule has 108 valence electrons. The number of nitrogens with one attached hydrogen (secondary N) is 2. The molecular formula is C14H19N3O2S. The molecule has 2 aromatic rings. The Balaban J connectivity index is 2.19. The predicted octanol–water partition coefficient (Wildman–Crippen LogP) is 2.12. The molecule has 0 unspecified atom stereocenters. The molecule has 2 N–H and O–H groups in total. The summed E-state index contributed by atoms with van der Waals surface area (Å²) < 4.78 is 27.2. The molecule has 0 atom stereocenters. The van der Waals surface area contributed by atoms with Gasteiger partial charge < -0.3 is 0 Å². The molecule has 0 radical (unpaired) electrons. The van der Waals surface area contributed by atoms with Gasteiger partial charge in [-0.15, -0.1) is 0 Å². The molecule has 0 saturated heterocycles. The number of aryl methyl sites for hydroxylation is 4. The number of aromatic amines is 1. The quantitative estimate of drug-likeness (QED) is 0.906. The molecule has 0 aliphatic rings. The predicted molar refractivity (Wildman–Crippen MR) is 78.0 cm³/mol.